The molecule has 0 bridgehead atoms. The molecular formula is C19H19F5O3. The summed E-state index contributed by atoms with van der Waals surface area (Å²) in [6.45, 7) is -1.11. The number of methoxy groups -OCH3 is 2. The summed E-state index contributed by atoms with van der Waals surface area (Å²) in [5, 5.41) is 10.9. The summed E-state index contributed by atoms with van der Waals surface area (Å²) in [6, 6.07) is 6.09. The van der Waals surface area contributed by atoms with Crippen molar-refractivity contribution in [1.82, 2.24) is 0 Å². The molecule has 27 heavy (non-hydrogen) atoms. The number of ether oxygens (including phenoxy) is 2. The van der Waals surface area contributed by atoms with Crippen molar-refractivity contribution in [1.29, 1.82) is 0 Å². The van der Waals surface area contributed by atoms with E-state index in [1.165, 1.54) is 20.3 Å². The van der Waals surface area contributed by atoms with Crippen LogP contribution in [0.25, 0.3) is 0 Å². The van der Waals surface area contributed by atoms with E-state index in [2.05, 4.69) is 0 Å². The Morgan fingerprint density at radius 1 is 0.963 bits per heavy atom. The number of alkyl halides is 3. The zero-order chi connectivity index (χ0) is 20.4. The highest BCUT2D eigenvalue weighted by Gasteiger charge is 2.52. The first kappa shape index (κ1) is 21.0. The van der Waals surface area contributed by atoms with Crippen molar-refractivity contribution in [3.05, 3.63) is 59.2 Å². The Morgan fingerprint density at radius 3 is 1.93 bits per heavy atom. The number of benzene rings is 2. The molecule has 0 spiro atoms. The highest BCUT2D eigenvalue weighted by molar-refractivity contribution is 5.39. The molecule has 0 amide bonds. The van der Waals surface area contributed by atoms with Gasteiger partial charge in [-0.25, -0.2) is 22.0 Å². The van der Waals surface area contributed by atoms with Crippen LogP contribution in [0.3, 0.4) is 0 Å². The molecule has 0 aliphatic heterocycles. The first-order valence-electron chi connectivity index (χ1n) is 7.92. The Hall–Kier alpha value is -2.35. The monoisotopic (exact) mass is 390 g/mol. The third-order valence-corrected chi connectivity index (χ3v) is 4.41. The maximum Gasteiger partial charge on any atom is 0.285 e. The number of hydrogen-bond acceptors (Lipinski definition) is 3. The summed E-state index contributed by atoms with van der Waals surface area (Å²) in [5.74, 6) is -8.44. The van der Waals surface area contributed by atoms with E-state index in [9.17, 15) is 27.1 Å². The fourth-order valence-corrected chi connectivity index (χ4v) is 3.07. The van der Waals surface area contributed by atoms with Crippen LogP contribution in [0, 0.1) is 11.6 Å². The molecule has 1 N–H and O–H groups in total. The van der Waals surface area contributed by atoms with Crippen LogP contribution in [0.2, 0.25) is 0 Å². The van der Waals surface area contributed by atoms with E-state index >= 15 is 0 Å². The molecule has 0 aliphatic rings. The second-order valence-corrected chi connectivity index (χ2v) is 6.22. The maximum atomic E-state index is 14.4. The lowest BCUT2D eigenvalue weighted by molar-refractivity contribution is -0.121. The molecule has 148 valence electrons. The van der Waals surface area contributed by atoms with Gasteiger partial charge in [-0.2, -0.15) is 0 Å². The predicted octanol–water partition coefficient (Wildman–Crippen LogP) is 4.58. The second kappa shape index (κ2) is 7.72. The van der Waals surface area contributed by atoms with E-state index in [0.717, 1.165) is 37.3 Å². The van der Waals surface area contributed by atoms with Crippen molar-refractivity contribution in [3.8, 4) is 11.5 Å². The van der Waals surface area contributed by atoms with Gasteiger partial charge in [0.15, 0.2) is 29.8 Å². The third kappa shape index (κ3) is 4.00. The largest absolute Gasteiger partial charge is 0.494 e. The molecule has 0 heterocycles. The van der Waals surface area contributed by atoms with Crippen molar-refractivity contribution < 1.29 is 36.5 Å². The van der Waals surface area contributed by atoms with Crippen LogP contribution in [0.5, 0.6) is 11.5 Å². The molecule has 0 aromatic heterocycles. The van der Waals surface area contributed by atoms with Crippen LogP contribution in [-0.4, -0.2) is 31.9 Å². The van der Waals surface area contributed by atoms with Gasteiger partial charge in [-0.1, -0.05) is 12.1 Å². The minimum atomic E-state index is -4.05. The van der Waals surface area contributed by atoms with Gasteiger partial charge in [0.25, 0.3) is 5.92 Å². The Balaban J connectivity index is 2.62. The second-order valence-electron chi connectivity index (χ2n) is 6.22. The van der Waals surface area contributed by atoms with E-state index in [4.69, 9.17) is 9.47 Å². The van der Waals surface area contributed by atoms with Crippen molar-refractivity contribution in [2.75, 3.05) is 20.9 Å². The normalized spacial score (nSPS) is 15.1. The van der Waals surface area contributed by atoms with Crippen LogP contribution >= 0.6 is 0 Å². The van der Waals surface area contributed by atoms with Gasteiger partial charge in [-0.3, -0.25) is 0 Å². The molecule has 2 rings (SSSR count). The van der Waals surface area contributed by atoms with Crippen LogP contribution in [0.4, 0.5) is 22.0 Å². The SMILES string of the molecule is COc1ccc(C(C(F)(F)CF)C(C)(O)c2ccc(OC)c(F)c2)cc1F. The van der Waals surface area contributed by atoms with Gasteiger partial charge in [-0.05, 0) is 42.3 Å². The summed E-state index contributed by atoms with van der Waals surface area (Å²) in [5.41, 5.74) is -3.03. The predicted molar refractivity (Wildman–Crippen MR) is 89.1 cm³/mol. The lowest BCUT2D eigenvalue weighted by Crippen LogP contribution is -2.43. The van der Waals surface area contributed by atoms with Gasteiger partial charge < -0.3 is 14.6 Å². The standard InChI is InChI=1S/C19H19F5O3/c1-18(25,12-5-7-16(27-3)14(22)9-12)17(19(23,24)10-20)11-4-6-15(26-2)13(21)8-11/h4-9,17,25H,10H2,1-3H3. The number of rotatable bonds is 7. The van der Waals surface area contributed by atoms with Gasteiger partial charge in [0.05, 0.1) is 25.7 Å². The first-order chi connectivity index (χ1) is 12.6. The summed E-state index contributed by atoms with van der Waals surface area (Å²) in [4.78, 5) is 0. The van der Waals surface area contributed by atoms with E-state index in [1.807, 2.05) is 0 Å². The van der Waals surface area contributed by atoms with Crippen molar-refractivity contribution in [3.63, 3.8) is 0 Å². The maximum absolute atomic E-state index is 14.4. The molecule has 0 saturated heterocycles. The third-order valence-electron chi connectivity index (χ3n) is 4.41. The van der Waals surface area contributed by atoms with E-state index in [1.54, 1.807) is 0 Å². The van der Waals surface area contributed by atoms with E-state index in [0.29, 0.717) is 0 Å². The average Bonchev–Trinajstić information content (AvgIpc) is 2.61. The molecule has 0 aliphatic carbocycles. The Kier molecular flexibility index (Phi) is 5.99. The minimum absolute atomic E-state index is 0.154. The zero-order valence-corrected chi connectivity index (χ0v) is 14.9. The molecule has 2 unspecified atom stereocenters. The highest BCUT2D eigenvalue weighted by atomic mass is 19.3. The Labute approximate surface area is 153 Å². The quantitative estimate of drug-likeness (QED) is 0.704. The van der Waals surface area contributed by atoms with Crippen LogP contribution in [-0.2, 0) is 5.60 Å². The van der Waals surface area contributed by atoms with E-state index in [-0.39, 0.29) is 22.6 Å². The van der Waals surface area contributed by atoms with Crippen molar-refractivity contribution in [2.45, 2.75) is 24.4 Å². The summed E-state index contributed by atoms with van der Waals surface area (Å²) in [7, 11) is 2.42. The molecule has 0 fully saturated rings. The van der Waals surface area contributed by atoms with Gasteiger partial charge in [0.2, 0.25) is 0 Å². The van der Waals surface area contributed by atoms with Crippen LogP contribution < -0.4 is 9.47 Å². The first-order valence-corrected chi connectivity index (χ1v) is 7.92. The van der Waals surface area contributed by atoms with Crippen molar-refractivity contribution >= 4 is 0 Å². The number of halogens is 5. The fourth-order valence-electron chi connectivity index (χ4n) is 3.07. The van der Waals surface area contributed by atoms with Gasteiger partial charge in [0, 0.05) is 0 Å². The summed E-state index contributed by atoms with van der Waals surface area (Å²) in [6.07, 6.45) is 0. The molecular weight excluding hydrogens is 371 g/mol. The molecule has 3 nitrogen and oxygen atoms in total. The van der Waals surface area contributed by atoms with Crippen LogP contribution in [0.1, 0.15) is 24.0 Å². The highest BCUT2D eigenvalue weighted by Crippen LogP contribution is 2.47. The number of aliphatic hydroxyl groups is 1. The van der Waals surface area contributed by atoms with Crippen molar-refractivity contribution in [2.24, 2.45) is 0 Å². The molecule has 0 saturated carbocycles. The van der Waals surface area contributed by atoms with E-state index < -0.39 is 35.8 Å². The topological polar surface area (TPSA) is 38.7 Å². The minimum Gasteiger partial charge on any atom is -0.494 e. The number of hydrogen-bond donors (Lipinski definition) is 1. The molecule has 2 aromatic carbocycles. The fraction of sp³-hybridized carbons (Fsp3) is 0.368. The molecule has 2 atom stereocenters. The van der Waals surface area contributed by atoms with Gasteiger partial charge in [-0.15, -0.1) is 0 Å². The zero-order valence-electron chi connectivity index (χ0n) is 14.9. The lowest BCUT2D eigenvalue weighted by atomic mass is 9.75. The Morgan fingerprint density at radius 2 is 1.48 bits per heavy atom. The molecule has 8 heteroatoms. The summed E-state index contributed by atoms with van der Waals surface area (Å²) >= 11 is 0. The van der Waals surface area contributed by atoms with Gasteiger partial charge in [0.1, 0.15) is 0 Å². The smallest absolute Gasteiger partial charge is 0.285 e. The molecule has 0 radical (unpaired) electrons. The average molecular weight is 390 g/mol. The molecule has 2 aromatic rings. The van der Waals surface area contributed by atoms with Gasteiger partial charge >= 0.3 is 0 Å². The van der Waals surface area contributed by atoms with Crippen LogP contribution in [0.15, 0.2) is 36.4 Å². The Bertz CT molecular complexity index is 808. The summed E-state index contributed by atoms with van der Waals surface area (Å²) < 4.78 is 79.5. The lowest BCUT2D eigenvalue weighted by Gasteiger charge is -2.38.